The molecule has 23 heavy (non-hydrogen) atoms. The highest BCUT2D eigenvalue weighted by Gasteiger charge is 2.33. The van der Waals surface area contributed by atoms with Gasteiger partial charge in [-0.3, -0.25) is 14.9 Å². The zero-order chi connectivity index (χ0) is 17.7. The Labute approximate surface area is 136 Å². The maximum absolute atomic E-state index is 12.3. The Morgan fingerprint density at radius 3 is 2.26 bits per heavy atom. The van der Waals surface area contributed by atoms with Gasteiger partial charge in [0, 0.05) is 30.5 Å². The third kappa shape index (κ3) is 4.34. The SMILES string of the molecule is COc1cc(C(C[N+](=O)[O-])C(C)C(=O)N(C)C)c(OC)cc1C. The number of ether oxygens (including phenoxy) is 2. The highest BCUT2D eigenvalue weighted by Crippen LogP contribution is 2.37. The fourth-order valence-corrected chi connectivity index (χ4v) is 2.63. The summed E-state index contributed by atoms with van der Waals surface area (Å²) in [5.74, 6) is -0.202. The number of rotatable bonds is 7. The first-order chi connectivity index (χ1) is 10.7. The van der Waals surface area contributed by atoms with Gasteiger partial charge in [0.15, 0.2) is 0 Å². The molecule has 1 amide bonds. The molecule has 0 saturated carbocycles. The molecule has 0 aliphatic carbocycles. The molecule has 0 aromatic heterocycles. The van der Waals surface area contributed by atoms with Gasteiger partial charge >= 0.3 is 0 Å². The van der Waals surface area contributed by atoms with Crippen LogP contribution in [0.2, 0.25) is 0 Å². The summed E-state index contributed by atoms with van der Waals surface area (Å²) in [6.45, 7) is 3.20. The normalized spacial score (nSPS) is 13.1. The molecule has 2 atom stereocenters. The summed E-state index contributed by atoms with van der Waals surface area (Å²) in [7, 11) is 6.31. The van der Waals surface area contributed by atoms with Crippen molar-refractivity contribution in [2.75, 3.05) is 34.9 Å². The van der Waals surface area contributed by atoms with Crippen LogP contribution in [-0.2, 0) is 4.79 Å². The number of aryl methyl sites for hydroxylation is 1. The van der Waals surface area contributed by atoms with Crippen LogP contribution in [0.4, 0.5) is 0 Å². The van der Waals surface area contributed by atoms with Crippen LogP contribution in [0.3, 0.4) is 0 Å². The van der Waals surface area contributed by atoms with Crippen molar-refractivity contribution in [1.29, 1.82) is 0 Å². The van der Waals surface area contributed by atoms with E-state index in [1.807, 2.05) is 6.92 Å². The Morgan fingerprint density at radius 2 is 1.83 bits per heavy atom. The Kier molecular flexibility index (Phi) is 6.36. The van der Waals surface area contributed by atoms with Crippen LogP contribution in [0.15, 0.2) is 12.1 Å². The van der Waals surface area contributed by atoms with Gasteiger partial charge in [-0.2, -0.15) is 0 Å². The van der Waals surface area contributed by atoms with E-state index in [0.717, 1.165) is 5.56 Å². The van der Waals surface area contributed by atoms with E-state index in [1.165, 1.54) is 19.1 Å². The van der Waals surface area contributed by atoms with Gasteiger partial charge in [0.25, 0.3) is 0 Å². The van der Waals surface area contributed by atoms with Gasteiger partial charge in [0.2, 0.25) is 12.5 Å². The van der Waals surface area contributed by atoms with Crippen molar-refractivity contribution in [3.8, 4) is 11.5 Å². The fraction of sp³-hybridized carbons (Fsp3) is 0.562. The first-order valence-electron chi connectivity index (χ1n) is 7.28. The molecule has 2 unspecified atom stereocenters. The maximum Gasteiger partial charge on any atom is 0.225 e. The Bertz CT molecular complexity index is 586. The van der Waals surface area contributed by atoms with E-state index in [0.29, 0.717) is 17.1 Å². The number of nitro groups is 1. The van der Waals surface area contributed by atoms with E-state index in [2.05, 4.69) is 0 Å². The topological polar surface area (TPSA) is 81.9 Å². The molecular formula is C16H24N2O5. The van der Waals surface area contributed by atoms with Crippen LogP contribution < -0.4 is 9.47 Å². The molecule has 0 fully saturated rings. The summed E-state index contributed by atoms with van der Waals surface area (Å²) in [6.07, 6.45) is 0. The second kappa shape index (κ2) is 7.80. The summed E-state index contributed by atoms with van der Waals surface area (Å²) in [5.41, 5.74) is 1.47. The zero-order valence-electron chi connectivity index (χ0n) is 14.5. The van der Waals surface area contributed by atoms with Gasteiger partial charge in [-0.15, -0.1) is 0 Å². The minimum Gasteiger partial charge on any atom is -0.496 e. The third-order valence-corrected chi connectivity index (χ3v) is 3.93. The Morgan fingerprint density at radius 1 is 1.26 bits per heavy atom. The average Bonchev–Trinajstić information content (AvgIpc) is 2.50. The molecule has 0 spiro atoms. The molecule has 1 rings (SSSR count). The van der Waals surface area contributed by atoms with E-state index in [9.17, 15) is 14.9 Å². The molecule has 0 radical (unpaired) electrons. The smallest absolute Gasteiger partial charge is 0.225 e. The van der Waals surface area contributed by atoms with Crippen molar-refractivity contribution in [2.24, 2.45) is 5.92 Å². The van der Waals surface area contributed by atoms with Crippen LogP contribution in [0.5, 0.6) is 11.5 Å². The minimum atomic E-state index is -0.607. The van der Waals surface area contributed by atoms with Gasteiger partial charge in [-0.1, -0.05) is 6.92 Å². The molecule has 0 aliphatic heterocycles. The van der Waals surface area contributed by atoms with Crippen molar-refractivity contribution < 1.29 is 19.2 Å². The summed E-state index contributed by atoms with van der Waals surface area (Å²) in [4.78, 5) is 24.4. The molecule has 0 heterocycles. The lowest BCUT2D eigenvalue weighted by Crippen LogP contribution is -2.34. The summed E-state index contributed by atoms with van der Waals surface area (Å²) >= 11 is 0. The van der Waals surface area contributed by atoms with Crippen LogP contribution in [0.25, 0.3) is 0 Å². The number of carbonyl (C=O) groups excluding carboxylic acids is 1. The number of methoxy groups -OCH3 is 2. The Balaban J connectivity index is 3.41. The number of benzene rings is 1. The van der Waals surface area contributed by atoms with E-state index >= 15 is 0 Å². The predicted molar refractivity (Wildman–Crippen MR) is 86.7 cm³/mol. The Hall–Kier alpha value is -2.31. The molecule has 0 aliphatic rings. The molecule has 128 valence electrons. The second-order valence-electron chi connectivity index (χ2n) is 5.71. The summed E-state index contributed by atoms with van der Waals surface area (Å²) < 4.78 is 10.7. The number of nitrogens with zero attached hydrogens (tertiary/aromatic N) is 2. The lowest BCUT2D eigenvalue weighted by atomic mass is 9.85. The number of hydrogen-bond acceptors (Lipinski definition) is 5. The van der Waals surface area contributed by atoms with E-state index in [-0.39, 0.29) is 12.5 Å². The lowest BCUT2D eigenvalue weighted by Gasteiger charge is -2.25. The van der Waals surface area contributed by atoms with Gasteiger partial charge in [-0.25, -0.2) is 0 Å². The van der Waals surface area contributed by atoms with Gasteiger partial charge in [-0.05, 0) is 24.6 Å². The van der Waals surface area contributed by atoms with Crippen LogP contribution in [0, 0.1) is 23.0 Å². The lowest BCUT2D eigenvalue weighted by molar-refractivity contribution is -0.484. The molecular weight excluding hydrogens is 300 g/mol. The van der Waals surface area contributed by atoms with Crippen molar-refractivity contribution in [3.63, 3.8) is 0 Å². The van der Waals surface area contributed by atoms with Crippen LogP contribution in [-0.4, -0.2) is 50.6 Å². The van der Waals surface area contributed by atoms with Crippen LogP contribution in [0.1, 0.15) is 24.0 Å². The maximum atomic E-state index is 12.3. The van der Waals surface area contributed by atoms with Crippen molar-refractivity contribution >= 4 is 5.91 Å². The van der Waals surface area contributed by atoms with Crippen molar-refractivity contribution in [1.82, 2.24) is 4.90 Å². The van der Waals surface area contributed by atoms with E-state index in [1.54, 1.807) is 33.2 Å². The first-order valence-corrected chi connectivity index (χ1v) is 7.28. The van der Waals surface area contributed by atoms with E-state index in [4.69, 9.17) is 9.47 Å². The minimum absolute atomic E-state index is 0.168. The van der Waals surface area contributed by atoms with Crippen molar-refractivity contribution in [3.05, 3.63) is 33.4 Å². The van der Waals surface area contributed by atoms with Gasteiger partial charge < -0.3 is 14.4 Å². The second-order valence-corrected chi connectivity index (χ2v) is 5.71. The average molecular weight is 324 g/mol. The largest absolute Gasteiger partial charge is 0.496 e. The third-order valence-electron chi connectivity index (χ3n) is 3.93. The van der Waals surface area contributed by atoms with Crippen molar-refractivity contribution in [2.45, 2.75) is 19.8 Å². The molecule has 7 nitrogen and oxygen atoms in total. The molecule has 0 saturated heterocycles. The summed E-state index contributed by atoms with van der Waals surface area (Å²) in [5, 5.41) is 11.1. The van der Waals surface area contributed by atoms with E-state index < -0.39 is 16.8 Å². The highest BCUT2D eigenvalue weighted by molar-refractivity contribution is 5.79. The number of hydrogen-bond donors (Lipinski definition) is 0. The molecule has 0 bridgehead atoms. The standard InChI is InChI=1S/C16H24N2O5/c1-10-7-15(23-6)12(8-14(10)22-5)13(9-18(20)21)11(2)16(19)17(3)4/h7-8,11,13H,9H2,1-6H3. The molecule has 7 heteroatoms. The fourth-order valence-electron chi connectivity index (χ4n) is 2.63. The predicted octanol–water partition coefficient (Wildman–Crippen LogP) is 2.10. The van der Waals surface area contributed by atoms with Gasteiger partial charge in [0.1, 0.15) is 11.5 Å². The molecule has 1 aromatic rings. The number of amides is 1. The molecule has 1 aromatic carbocycles. The highest BCUT2D eigenvalue weighted by atomic mass is 16.6. The monoisotopic (exact) mass is 324 g/mol. The number of carbonyl (C=O) groups is 1. The zero-order valence-corrected chi connectivity index (χ0v) is 14.5. The quantitative estimate of drug-likeness (QED) is 0.566. The van der Waals surface area contributed by atoms with Gasteiger partial charge in [0.05, 0.1) is 20.1 Å². The first kappa shape index (κ1) is 18.7. The van der Waals surface area contributed by atoms with Crippen LogP contribution >= 0.6 is 0 Å². The molecule has 0 N–H and O–H groups in total. The summed E-state index contributed by atoms with van der Waals surface area (Å²) in [6, 6.07) is 3.50.